The average molecular weight is 505 g/mol. The summed E-state index contributed by atoms with van der Waals surface area (Å²) in [5, 5.41) is 10.9. The van der Waals surface area contributed by atoms with Crippen molar-refractivity contribution in [3.63, 3.8) is 0 Å². The zero-order valence-electron chi connectivity index (χ0n) is 19.6. The summed E-state index contributed by atoms with van der Waals surface area (Å²) in [5.41, 5.74) is 3.18. The summed E-state index contributed by atoms with van der Waals surface area (Å²) in [5.74, 6) is -3.61. The molecule has 12 nitrogen and oxygen atoms in total. The molecule has 12 heteroatoms. The molecule has 3 aromatic rings. The Bertz CT molecular complexity index is 1300. The lowest BCUT2D eigenvalue weighted by molar-refractivity contribution is -0.136. The highest BCUT2D eigenvalue weighted by molar-refractivity contribution is 6.40. The van der Waals surface area contributed by atoms with Crippen LogP contribution in [0.1, 0.15) is 28.8 Å². The number of carbonyl (C=O) groups excluding carboxylic acids is 5. The van der Waals surface area contributed by atoms with E-state index in [4.69, 9.17) is 9.15 Å². The van der Waals surface area contributed by atoms with Crippen LogP contribution in [0, 0.1) is 0 Å². The van der Waals surface area contributed by atoms with Crippen LogP contribution < -0.4 is 21.4 Å². The van der Waals surface area contributed by atoms with Crippen molar-refractivity contribution in [3.05, 3.63) is 83.8 Å². The average Bonchev–Trinajstić information content (AvgIpc) is 3.36. The normalized spacial score (nSPS) is 10.4. The third kappa shape index (κ3) is 8.17. The molecule has 0 atom stereocenters. The van der Waals surface area contributed by atoms with Crippen LogP contribution in [0.4, 0.5) is 11.4 Å². The maximum atomic E-state index is 12.1. The lowest BCUT2D eigenvalue weighted by atomic mass is 10.2. The highest BCUT2D eigenvalue weighted by atomic mass is 16.5. The first-order valence-electron chi connectivity index (χ1n) is 11.0. The minimum absolute atomic E-state index is 0.0896. The van der Waals surface area contributed by atoms with Gasteiger partial charge in [0.2, 0.25) is 0 Å². The summed E-state index contributed by atoms with van der Waals surface area (Å²) < 4.78 is 10.3. The quantitative estimate of drug-likeness (QED) is 0.157. The maximum Gasteiger partial charge on any atom is 0.338 e. The van der Waals surface area contributed by atoms with Gasteiger partial charge in [0.05, 0.1) is 24.9 Å². The molecular formula is C25H23N5O7. The molecule has 4 amide bonds. The van der Waals surface area contributed by atoms with E-state index in [0.29, 0.717) is 22.7 Å². The Kier molecular flexibility index (Phi) is 9.25. The van der Waals surface area contributed by atoms with Gasteiger partial charge in [-0.15, -0.1) is 0 Å². The maximum absolute atomic E-state index is 12.1. The first-order valence-corrected chi connectivity index (χ1v) is 11.0. The van der Waals surface area contributed by atoms with Crippen LogP contribution in [0.15, 0.2) is 76.2 Å². The highest BCUT2D eigenvalue weighted by Crippen LogP contribution is 2.11. The van der Waals surface area contributed by atoms with Crippen LogP contribution >= 0.6 is 0 Å². The molecule has 190 valence electrons. The first-order chi connectivity index (χ1) is 17.9. The molecule has 0 unspecified atom stereocenters. The number of ether oxygens (including phenoxy) is 1. The number of anilines is 2. The van der Waals surface area contributed by atoms with E-state index in [2.05, 4.69) is 26.5 Å². The molecule has 0 fully saturated rings. The number of amides is 4. The van der Waals surface area contributed by atoms with Crippen LogP contribution in [0.25, 0.3) is 0 Å². The predicted octanol–water partition coefficient (Wildman–Crippen LogP) is 1.80. The number of hydrogen-bond acceptors (Lipinski definition) is 8. The van der Waals surface area contributed by atoms with E-state index >= 15 is 0 Å². The molecule has 4 N–H and O–H groups in total. The summed E-state index contributed by atoms with van der Waals surface area (Å²) in [6, 6.07) is 17.4. The molecule has 3 rings (SSSR count). The van der Waals surface area contributed by atoms with Crippen molar-refractivity contribution in [1.82, 2.24) is 10.7 Å². The molecule has 2 aromatic carbocycles. The van der Waals surface area contributed by atoms with Gasteiger partial charge in [-0.25, -0.2) is 10.2 Å². The number of hydrogen-bond donors (Lipinski definition) is 4. The Morgan fingerprint density at radius 3 is 2.14 bits per heavy atom. The van der Waals surface area contributed by atoms with Gasteiger partial charge < -0.3 is 25.1 Å². The number of hydrazone groups is 1. The van der Waals surface area contributed by atoms with E-state index < -0.39 is 29.6 Å². The molecule has 0 aliphatic rings. The smallest absolute Gasteiger partial charge is 0.338 e. The monoisotopic (exact) mass is 505 g/mol. The number of benzene rings is 2. The summed E-state index contributed by atoms with van der Waals surface area (Å²) in [4.78, 5) is 59.5. The second-order valence-corrected chi connectivity index (χ2v) is 7.26. The molecule has 0 saturated heterocycles. The SMILES string of the molecule is CCOC(=O)c1ccc(NC(=O)C(=O)NCc2ccc(/C=N/NC(=O)C(=O)Nc3ccccc3)o2)cc1. The largest absolute Gasteiger partial charge is 0.462 e. The van der Waals surface area contributed by atoms with Crippen molar-refractivity contribution in [3.8, 4) is 0 Å². The van der Waals surface area contributed by atoms with Gasteiger partial charge in [0, 0.05) is 11.4 Å². The third-order valence-electron chi connectivity index (χ3n) is 4.56. The first kappa shape index (κ1) is 26.3. The molecule has 37 heavy (non-hydrogen) atoms. The van der Waals surface area contributed by atoms with Crippen molar-refractivity contribution in [2.75, 3.05) is 17.2 Å². The van der Waals surface area contributed by atoms with Crippen LogP contribution in [-0.2, 0) is 30.5 Å². The zero-order chi connectivity index (χ0) is 26.6. The Morgan fingerprint density at radius 2 is 1.46 bits per heavy atom. The summed E-state index contributed by atoms with van der Waals surface area (Å²) in [6.45, 7) is 1.84. The molecule has 0 spiro atoms. The van der Waals surface area contributed by atoms with Gasteiger partial charge >= 0.3 is 29.6 Å². The standard InChI is InChI=1S/C25H23N5O7/c1-2-36-25(35)16-8-10-18(11-9-16)29-22(32)21(31)26-14-19-12-13-20(37-19)15-27-30-24(34)23(33)28-17-6-4-3-5-7-17/h3-13,15H,2,14H2,1H3,(H,26,31)(H,28,33)(H,29,32)(H,30,34)/b27-15+. The van der Waals surface area contributed by atoms with Crippen molar-refractivity contribution in [2.45, 2.75) is 13.5 Å². The van der Waals surface area contributed by atoms with Crippen molar-refractivity contribution >= 4 is 47.2 Å². The van der Waals surface area contributed by atoms with E-state index in [0.717, 1.165) is 0 Å². The number of nitrogens with one attached hydrogen (secondary N) is 4. The van der Waals surface area contributed by atoms with E-state index in [1.165, 1.54) is 42.6 Å². The summed E-state index contributed by atoms with van der Waals surface area (Å²) in [7, 11) is 0. The predicted molar refractivity (Wildman–Crippen MR) is 132 cm³/mol. The number of para-hydroxylation sites is 1. The zero-order valence-corrected chi connectivity index (χ0v) is 19.6. The lowest BCUT2D eigenvalue weighted by Crippen LogP contribution is -2.34. The van der Waals surface area contributed by atoms with E-state index in [9.17, 15) is 24.0 Å². The van der Waals surface area contributed by atoms with Gasteiger partial charge in [-0.05, 0) is 55.5 Å². The number of rotatable bonds is 8. The van der Waals surface area contributed by atoms with Gasteiger partial charge in [-0.3, -0.25) is 19.2 Å². The van der Waals surface area contributed by atoms with Crippen molar-refractivity contribution < 1.29 is 33.1 Å². The van der Waals surface area contributed by atoms with E-state index in [-0.39, 0.29) is 18.9 Å². The van der Waals surface area contributed by atoms with Crippen LogP contribution in [-0.4, -0.2) is 42.4 Å². The molecule has 0 saturated carbocycles. The molecule has 0 aliphatic carbocycles. The topological polar surface area (TPSA) is 168 Å². The van der Waals surface area contributed by atoms with E-state index in [1.54, 1.807) is 37.3 Å². The number of esters is 1. The number of furan rings is 1. The molecule has 0 aliphatic heterocycles. The van der Waals surface area contributed by atoms with Crippen LogP contribution in [0.5, 0.6) is 0 Å². The summed E-state index contributed by atoms with van der Waals surface area (Å²) in [6.07, 6.45) is 1.17. The number of nitrogens with zero attached hydrogens (tertiary/aromatic N) is 1. The van der Waals surface area contributed by atoms with Crippen LogP contribution in [0.3, 0.4) is 0 Å². The minimum Gasteiger partial charge on any atom is -0.462 e. The van der Waals surface area contributed by atoms with Gasteiger partial charge in [0.15, 0.2) is 0 Å². The fourth-order valence-corrected chi connectivity index (χ4v) is 2.81. The Hall–Kier alpha value is -5.26. The van der Waals surface area contributed by atoms with Crippen molar-refractivity contribution in [2.24, 2.45) is 5.10 Å². The van der Waals surface area contributed by atoms with E-state index in [1.807, 2.05) is 0 Å². The molecular weight excluding hydrogens is 482 g/mol. The Morgan fingerprint density at radius 1 is 0.811 bits per heavy atom. The van der Waals surface area contributed by atoms with Gasteiger partial charge in [0.1, 0.15) is 11.5 Å². The molecule has 0 radical (unpaired) electrons. The highest BCUT2D eigenvalue weighted by Gasteiger charge is 2.15. The third-order valence-corrected chi connectivity index (χ3v) is 4.56. The second-order valence-electron chi connectivity index (χ2n) is 7.26. The van der Waals surface area contributed by atoms with Gasteiger partial charge in [-0.2, -0.15) is 5.10 Å². The Balaban J connectivity index is 1.42. The minimum atomic E-state index is -0.972. The van der Waals surface area contributed by atoms with Crippen molar-refractivity contribution in [1.29, 1.82) is 0 Å². The molecule has 1 heterocycles. The molecule has 0 bridgehead atoms. The van der Waals surface area contributed by atoms with Gasteiger partial charge in [0.25, 0.3) is 0 Å². The van der Waals surface area contributed by atoms with Crippen LogP contribution in [0.2, 0.25) is 0 Å². The molecule has 1 aromatic heterocycles. The Labute approximate surface area is 211 Å². The van der Waals surface area contributed by atoms with Gasteiger partial charge in [-0.1, -0.05) is 18.2 Å². The summed E-state index contributed by atoms with van der Waals surface area (Å²) >= 11 is 0. The fourth-order valence-electron chi connectivity index (χ4n) is 2.81. The fraction of sp³-hybridized carbons (Fsp3) is 0.120. The lowest BCUT2D eigenvalue weighted by Gasteiger charge is -2.06. The number of carbonyl (C=O) groups is 5. The second kappa shape index (κ2) is 13.0.